The molecule has 0 spiro atoms. The van der Waals surface area contributed by atoms with Gasteiger partial charge in [0, 0.05) is 61.3 Å². The van der Waals surface area contributed by atoms with Crippen molar-refractivity contribution in [3.05, 3.63) is 212 Å². The van der Waals surface area contributed by atoms with E-state index < -0.39 is 0 Å². The van der Waals surface area contributed by atoms with Gasteiger partial charge in [-0.25, -0.2) is 0 Å². The number of anilines is 4. The Labute approximate surface area is 320 Å². The second-order valence-corrected chi connectivity index (χ2v) is 13.9. The summed E-state index contributed by atoms with van der Waals surface area (Å²) in [5.74, 6) is 0. The van der Waals surface area contributed by atoms with Gasteiger partial charge in [-0.1, -0.05) is 152 Å². The number of hydrogen-bond donors (Lipinski definition) is 2. The normalized spacial score (nSPS) is 11.3. The highest BCUT2D eigenvalue weighted by atomic mass is 15.0. The fraction of sp³-hybridized carbons (Fsp3) is 0. The third-order valence-electron chi connectivity index (χ3n) is 10.6. The summed E-state index contributed by atoms with van der Waals surface area (Å²) in [7, 11) is 0. The number of nitrogens with one attached hydrogen (secondary N) is 2. The second-order valence-electron chi connectivity index (χ2n) is 13.9. The van der Waals surface area contributed by atoms with Gasteiger partial charge >= 0.3 is 0 Å². The maximum Gasteiger partial charge on any atom is 0.0620 e. The molecule has 0 atom stereocenters. The Hall–Kier alpha value is -7.36. The predicted molar refractivity (Wildman–Crippen MR) is 234 cm³/mol. The number of aromatic nitrogens is 1. The maximum absolute atomic E-state index is 3.77. The quantitative estimate of drug-likeness (QED) is 0.165. The van der Waals surface area contributed by atoms with Gasteiger partial charge in [-0.05, 0) is 82.7 Å². The molecule has 1 heterocycles. The molecule has 55 heavy (non-hydrogen) atoms. The SMILES string of the molecule is c1ccc(Nc2ccc(-c3cccc(-c4ccccc4Nc4cccc5ccccc45)c3)cc2-c2cccc3c4ccccc4n(-c4ccccc4)c23)cc1. The lowest BCUT2D eigenvalue weighted by atomic mass is 9.93. The van der Waals surface area contributed by atoms with Crippen molar-refractivity contribution in [3.63, 3.8) is 0 Å². The van der Waals surface area contributed by atoms with Gasteiger partial charge in [0.05, 0.1) is 11.0 Å². The highest BCUT2D eigenvalue weighted by Gasteiger charge is 2.19. The summed E-state index contributed by atoms with van der Waals surface area (Å²) in [6.07, 6.45) is 0. The third-order valence-corrected chi connectivity index (χ3v) is 10.6. The molecular formula is C52H37N3. The molecule has 10 rings (SSSR count). The topological polar surface area (TPSA) is 29.0 Å². The predicted octanol–water partition coefficient (Wildman–Crippen LogP) is 14.4. The summed E-state index contributed by atoms with van der Waals surface area (Å²) in [5, 5.41) is 12.4. The highest BCUT2D eigenvalue weighted by molar-refractivity contribution is 6.14. The molecule has 0 aliphatic rings. The zero-order valence-corrected chi connectivity index (χ0v) is 30.2. The van der Waals surface area contributed by atoms with Crippen molar-refractivity contribution in [1.82, 2.24) is 4.57 Å². The first-order chi connectivity index (χ1) is 27.3. The first-order valence-electron chi connectivity index (χ1n) is 18.8. The van der Waals surface area contributed by atoms with Crippen LogP contribution < -0.4 is 10.6 Å². The van der Waals surface area contributed by atoms with Gasteiger partial charge in [0.2, 0.25) is 0 Å². The molecule has 0 saturated carbocycles. The molecule has 0 aliphatic carbocycles. The molecule has 3 heteroatoms. The molecule has 0 unspecified atom stereocenters. The van der Waals surface area contributed by atoms with Crippen molar-refractivity contribution in [2.45, 2.75) is 0 Å². The summed E-state index contributed by atoms with van der Waals surface area (Å²) in [6.45, 7) is 0. The largest absolute Gasteiger partial charge is 0.355 e. The van der Waals surface area contributed by atoms with Crippen LogP contribution in [0, 0.1) is 0 Å². The molecule has 10 aromatic rings. The Morgan fingerprint density at radius 1 is 0.327 bits per heavy atom. The average Bonchev–Trinajstić information content (AvgIpc) is 3.60. The van der Waals surface area contributed by atoms with Crippen molar-refractivity contribution >= 4 is 55.3 Å². The van der Waals surface area contributed by atoms with Crippen LogP contribution in [-0.4, -0.2) is 4.57 Å². The Morgan fingerprint density at radius 2 is 0.927 bits per heavy atom. The van der Waals surface area contributed by atoms with E-state index in [9.17, 15) is 0 Å². The van der Waals surface area contributed by atoms with Crippen LogP contribution in [0.25, 0.3) is 71.6 Å². The first kappa shape index (κ1) is 32.3. The van der Waals surface area contributed by atoms with Gasteiger partial charge in [0.15, 0.2) is 0 Å². The minimum absolute atomic E-state index is 1.05. The summed E-state index contributed by atoms with van der Waals surface area (Å²) in [5.41, 5.74) is 14.7. The van der Waals surface area contributed by atoms with Crippen molar-refractivity contribution in [2.24, 2.45) is 0 Å². The lowest BCUT2D eigenvalue weighted by Crippen LogP contribution is -1.98. The number of benzene rings is 9. The van der Waals surface area contributed by atoms with E-state index in [1.807, 2.05) is 0 Å². The van der Waals surface area contributed by atoms with Crippen LogP contribution in [0.5, 0.6) is 0 Å². The number of fused-ring (bicyclic) bond motifs is 4. The maximum atomic E-state index is 3.77. The van der Waals surface area contributed by atoms with Crippen LogP contribution in [-0.2, 0) is 0 Å². The van der Waals surface area contributed by atoms with Crippen LogP contribution in [0.15, 0.2) is 212 Å². The molecule has 0 saturated heterocycles. The minimum Gasteiger partial charge on any atom is -0.355 e. The van der Waals surface area contributed by atoms with E-state index in [0.29, 0.717) is 0 Å². The number of para-hydroxylation sites is 5. The van der Waals surface area contributed by atoms with Gasteiger partial charge in [-0.3, -0.25) is 0 Å². The van der Waals surface area contributed by atoms with Gasteiger partial charge in [-0.2, -0.15) is 0 Å². The van der Waals surface area contributed by atoms with Crippen molar-refractivity contribution in [1.29, 1.82) is 0 Å². The summed E-state index contributed by atoms with van der Waals surface area (Å²) in [4.78, 5) is 0. The zero-order valence-electron chi connectivity index (χ0n) is 30.2. The zero-order chi connectivity index (χ0) is 36.6. The van der Waals surface area contributed by atoms with Crippen LogP contribution in [0.4, 0.5) is 22.7 Å². The Bertz CT molecular complexity index is 2970. The molecule has 0 fully saturated rings. The minimum atomic E-state index is 1.05. The Balaban J connectivity index is 1.13. The first-order valence-corrected chi connectivity index (χ1v) is 18.8. The Morgan fingerprint density at radius 3 is 1.82 bits per heavy atom. The van der Waals surface area contributed by atoms with Gasteiger partial charge in [0.1, 0.15) is 0 Å². The molecule has 2 N–H and O–H groups in total. The van der Waals surface area contributed by atoms with Crippen molar-refractivity contribution in [2.75, 3.05) is 10.6 Å². The fourth-order valence-electron chi connectivity index (χ4n) is 8.00. The molecule has 9 aromatic carbocycles. The molecule has 3 nitrogen and oxygen atoms in total. The van der Waals surface area contributed by atoms with E-state index in [2.05, 4.69) is 228 Å². The lowest BCUT2D eigenvalue weighted by Gasteiger charge is -2.18. The van der Waals surface area contributed by atoms with Gasteiger partial charge in [-0.15, -0.1) is 0 Å². The smallest absolute Gasteiger partial charge is 0.0620 e. The van der Waals surface area contributed by atoms with Crippen LogP contribution in [0.1, 0.15) is 0 Å². The standard InChI is InChI=1S/C52H37N3/c1-3-20-40(21-4-1)53-50-33-32-38(35-47(50)46-28-15-27-45-44-26-10-12-31-51(44)55(52(45)46)41-22-5-2-6-23-41)37-18-13-19-39(34-37)43-25-9-11-29-48(43)54-49-30-14-17-36-16-7-8-24-42(36)49/h1-35,53-54H. The van der Waals surface area contributed by atoms with Crippen LogP contribution in [0.2, 0.25) is 0 Å². The number of nitrogens with zero attached hydrogens (tertiary/aromatic N) is 1. The fourth-order valence-corrected chi connectivity index (χ4v) is 8.00. The highest BCUT2D eigenvalue weighted by Crippen LogP contribution is 2.43. The van der Waals surface area contributed by atoms with E-state index in [1.165, 1.54) is 38.1 Å². The van der Waals surface area contributed by atoms with E-state index in [-0.39, 0.29) is 0 Å². The number of rotatable bonds is 8. The van der Waals surface area contributed by atoms with Crippen molar-refractivity contribution < 1.29 is 0 Å². The van der Waals surface area contributed by atoms with E-state index in [4.69, 9.17) is 0 Å². The summed E-state index contributed by atoms with van der Waals surface area (Å²) in [6, 6.07) is 75.8. The van der Waals surface area contributed by atoms with E-state index >= 15 is 0 Å². The molecule has 260 valence electrons. The number of hydrogen-bond acceptors (Lipinski definition) is 2. The summed E-state index contributed by atoms with van der Waals surface area (Å²) < 4.78 is 2.42. The molecule has 1 aromatic heterocycles. The molecule has 0 radical (unpaired) electrons. The molecular weight excluding hydrogens is 667 g/mol. The Kier molecular flexibility index (Phi) is 8.16. The molecule has 0 bridgehead atoms. The van der Waals surface area contributed by atoms with Gasteiger partial charge < -0.3 is 15.2 Å². The van der Waals surface area contributed by atoms with Crippen molar-refractivity contribution in [3.8, 4) is 39.1 Å². The monoisotopic (exact) mass is 703 g/mol. The molecule has 0 aliphatic heterocycles. The molecule has 0 amide bonds. The average molecular weight is 704 g/mol. The lowest BCUT2D eigenvalue weighted by molar-refractivity contribution is 1.18. The van der Waals surface area contributed by atoms with Gasteiger partial charge in [0.25, 0.3) is 0 Å². The van der Waals surface area contributed by atoms with Crippen LogP contribution in [0.3, 0.4) is 0 Å². The van der Waals surface area contributed by atoms with E-state index in [0.717, 1.165) is 56.3 Å². The van der Waals surface area contributed by atoms with E-state index in [1.54, 1.807) is 0 Å². The second kappa shape index (κ2) is 13.9. The summed E-state index contributed by atoms with van der Waals surface area (Å²) >= 11 is 0. The van der Waals surface area contributed by atoms with Crippen LogP contribution >= 0.6 is 0 Å². The third kappa shape index (κ3) is 5.98.